The summed E-state index contributed by atoms with van der Waals surface area (Å²) in [6, 6.07) is 18.3. The highest BCUT2D eigenvalue weighted by Crippen LogP contribution is 2.20. The number of aromatic nitrogens is 3. The molecule has 2 aromatic carbocycles. The van der Waals surface area contributed by atoms with E-state index in [1.165, 1.54) is 9.13 Å². The van der Waals surface area contributed by atoms with Gasteiger partial charge in [0.15, 0.2) is 5.65 Å². The van der Waals surface area contributed by atoms with Crippen molar-refractivity contribution in [3.8, 4) is 5.69 Å². The Bertz CT molecular complexity index is 1530. The number of carbonyl (C=O) groups excluding carboxylic acids is 1. The van der Waals surface area contributed by atoms with E-state index in [4.69, 9.17) is 4.74 Å². The van der Waals surface area contributed by atoms with Crippen molar-refractivity contribution in [1.82, 2.24) is 19.0 Å². The third kappa shape index (κ3) is 4.17. The van der Waals surface area contributed by atoms with Gasteiger partial charge in [-0.25, -0.2) is 14.3 Å². The van der Waals surface area contributed by atoms with Gasteiger partial charge in [-0.05, 0) is 43.2 Å². The molecule has 0 spiro atoms. The van der Waals surface area contributed by atoms with Crippen LogP contribution in [0.3, 0.4) is 0 Å². The summed E-state index contributed by atoms with van der Waals surface area (Å²) >= 11 is 0. The SMILES string of the molecule is Cc1cc(C(=O)N2CCOCC2)c2c(=O)n(Cc3ccccc3C)c(=O)n(-c3ccccc3)c2n1. The molecule has 0 bridgehead atoms. The number of morpholine rings is 1. The zero-order valence-corrected chi connectivity index (χ0v) is 19.7. The molecule has 0 N–H and O–H groups in total. The summed E-state index contributed by atoms with van der Waals surface area (Å²) in [6.45, 7) is 5.56. The Labute approximate surface area is 202 Å². The number of hydrogen-bond acceptors (Lipinski definition) is 5. The molecular weight excluding hydrogens is 444 g/mol. The minimum absolute atomic E-state index is 0.0895. The van der Waals surface area contributed by atoms with Crippen molar-refractivity contribution in [2.75, 3.05) is 26.3 Å². The van der Waals surface area contributed by atoms with E-state index in [1.807, 2.05) is 49.4 Å². The normalized spacial score (nSPS) is 13.8. The number of ether oxygens (including phenoxy) is 1. The second-order valence-corrected chi connectivity index (χ2v) is 8.69. The van der Waals surface area contributed by atoms with Crippen LogP contribution in [0.15, 0.2) is 70.3 Å². The van der Waals surface area contributed by atoms with Crippen LogP contribution < -0.4 is 11.2 Å². The molecule has 2 aromatic heterocycles. The molecule has 8 nitrogen and oxygen atoms in total. The number of aryl methyl sites for hydroxylation is 2. The number of pyridine rings is 1. The number of fused-ring (bicyclic) bond motifs is 1. The van der Waals surface area contributed by atoms with Crippen molar-refractivity contribution >= 4 is 16.9 Å². The average Bonchev–Trinajstić information content (AvgIpc) is 2.88. The fourth-order valence-electron chi connectivity index (χ4n) is 4.48. The van der Waals surface area contributed by atoms with Crippen LogP contribution in [0.25, 0.3) is 16.7 Å². The molecule has 4 aromatic rings. The van der Waals surface area contributed by atoms with Gasteiger partial charge in [-0.15, -0.1) is 0 Å². The Kier molecular flexibility index (Phi) is 6.05. The first-order chi connectivity index (χ1) is 17.0. The van der Waals surface area contributed by atoms with Crippen molar-refractivity contribution in [2.45, 2.75) is 20.4 Å². The Hall–Kier alpha value is -4.04. The van der Waals surface area contributed by atoms with Gasteiger partial charge in [0.25, 0.3) is 11.5 Å². The summed E-state index contributed by atoms with van der Waals surface area (Å²) in [5.41, 5.74) is 2.36. The van der Waals surface area contributed by atoms with Crippen LogP contribution in [0.4, 0.5) is 0 Å². The van der Waals surface area contributed by atoms with Gasteiger partial charge in [-0.2, -0.15) is 0 Å². The maximum Gasteiger partial charge on any atom is 0.337 e. The van der Waals surface area contributed by atoms with Crippen LogP contribution >= 0.6 is 0 Å². The highest BCUT2D eigenvalue weighted by Gasteiger charge is 2.26. The molecule has 3 heterocycles. The molecule has 8 heteroatoms. The lowest BCUT2D eigenvalue weighted by Crippen LogP contribution is -2.43. The summed E-state index contributed by atoms with van der Waals surface area (Å²) in [6.07, 6.45) is 0. The Morgan fingerprint density at radius 1 is 0.971 bits per heavy atom. The van der Waals surface area contributed by atoms with Gasteiger partial charge >= 0.3 is 5.69 Å². The second-order valence-electron chi connectivity index (χ2n) is 8.69. The van der Waals surface area contributed by atoms with E-state index < -0.39 is 11.2 Å². The van der Waals surface area contributed by atoms with Crippen molar-refractivity contribution in [2.24, 2.45) is 0 Å². The Balaban J connectivity index is 1.83. The van der Waals surface area contributed by atoms with E-state index in [-0.39, 0.29) is 29.0 Å². The fraction of sp³-hybridized carbons (Fsp3) is 0.259. The third-order valence-electron chi connectivity index (χ3n) is 6.35. The minimum Gasteiger partial charge on any atom is -0.378 e. The predicted octanol–water partition coefficient (Wildman–Crippen LogP) is 2.68. The molecule has 35 heavy (non-hydrogen) atoms. The lowest BCUT2D eigenvalue weighted by molar-refractivity contribution is 0.0304. The molecule has 5 rings (SSSR count). The number of carbonyl (C=O) groups is 1. The van der Waals surface area contributed by atoms with Gasteiger partial charge in [0.05, 0.1) is 36.4 Å². The van der Waals surface area contributed by atoms with E-state index in [9.17, 15) is 14.4 Å². The molecule has 0 saturated carbocycles. The number of nitrogens with zero attached hydrogens (tertiary/aromatic N) is 4. The molecular formula is C27H26N4O4. The molecule has 178 valence electrons. The standard InChI is InChI=1S/C27H26N4O4/c1-18-8-6-7-9-20(18)17-30-26(33)23-22(25(32)29-12-14-35-15-13-29)16-19(2)28-24(23)31(27(30)34)21-10-4-3-5-11-21/h3-11,16H,12-15,17H2,1-2H3. The Morgan fingerprint density at radius 3 is 2.37 bits per heavy atom. The maximum atomic E-state index is 13.9. The van der Waals surface area contributed by atoms with E-state index in [0.717, 1.165) is 11.1 Å². The van der Waals surface area contributed by atoms with Crippen molar-refractivity contribution in [1.29, 1.82) is 0 Å². The van der Waals surface area contributed by atoms with Crippen molar-refractivity contribution < 1.29 is 9.53 Å². The summed E-state index contributed by atoms with van der Waals surface area (Å²) < 4.78 is 8.02. The zero-order chi connectivity index (χ0) is 24.5. The van der Waals surface area contributed by atoms with Crippen molar-refractivity contribution in [3.63, 3.8) is 0 Å². The van der Waals surface area contributed by atoms with Crippen LogP contribution in [0.2, 0.25) is 0 Å². The topological polar surface area (TPSA) is 86.4 Å². The van der Waals surface area contributed by atoms with Crippen LogP contribution in [0.5, 0.6) is 0 Å². The number of amides is 1. The first-order valence-electron chi connectivity index (χ1n) is 11.6. The lowest BCUT2D eigenvalue weighted by atomic mass is 10.1. The van der Waals surface area contributed by atoms with Gasteiger partial charge in [-0.3, -0.25) is 14.2 Å². The zero-order valence-electron chi connectivity index (χ0n) is 19.7. The minimum atomic E-state index is -0.524. The van der Waals surface area contributed by atoms with E-state index in [1.54, 1.807) is 30.0 Å². The van der Waals surface area contributed by atoms with Crippen LogP contribution in [0, 0.1) is 13.8 Å². The van der Waals surface area contributed by atoms with Gasteiger partial charge in [0.1, 0.15) is 0 Å². The summed E-state index contributed by atoms with van der Waals surface area (Å²) in [7, 11) is 0. The fourth-order valence-corrected chi connectivity index (χ4v) is 4.48. The summed E-state index contributed by atoms with van der Waals surface area (Å²) in [4.78, 5) is 47.5. The molecule has 1 saturated heterocycles. The van der Waals surface area contributed by atoms with Crippen LogP contribution in [-0.2, 0) is 11.3 Å². The molecule has 1 aliphatic rings. The van der Waals surface area contributed by atoms with Gasteiger partial charge in [0, 0.05) is 18.8 Å². The van der Waals surface area contributed by atoms with Crippen LogP contribution in [0.1, 0.15) is 27.2 Å². The maximum absolute atomic E-state index is 13.9. The molecule has 0 atom stereocenters. The molecule has 1 aliphatic heterocycles. The number of hydrogen-bond donors (Lipinski definition) is 0. The largest absolute Gasteiger partial charge is 0.378 e. The summed E-state index contributed by atoms with van der Waals surface area (Å²) in [5.74, 6) is -0.262. The number of benzene rings is 2. The molecule has 0 radical (unpaired) electrons. The van der Waals surface area contributed by atoms with E-state index >= 15 is 0 Å². The third-order valence-corrected chi connectivity index (χ3v) is 6.35. The molecule has 1 amide bonds. The van der Waals surface area contributed by atoms with Gasteiger partial charge in [-0.1, -0.05) is 42.5 Å². The quantitative estimate of drug-likeness (QED) is 0.458. The van der Waals surface area contributed by atoms with Crippen molar-refractivity contribution in [3.05, 3.63) is 104 Å². The second kappa shape index (κ2) is 9.31. The molecule has 0 unspecified atom stereocenters. The predicted molar refractivity (Wildman–Crippen MR) is 133 cm³/mol. The van der Waals surface area contributed by atoms with E-state index in [2.05, 4.69) is 4.98 Å². The Morgan fingerprint density at radius 2 is 1.66 bits per heavy atom. The van der Waals surface area contributed by atoms with E-state index in [0.29, 0.717) is 37.7 Å². The molecule has 0 aliphatic carbocycles. The van der Waals surface area contributed by atoms with Gasteiger partial charge < -0.3 is 9.64 Å². The highest BCUT2D eigenvalue weighted by molar-refractivity contribution is 6.05. The summed E-state index contributed by atoms with van der Waals surface area (Å²) in [5, 5.41) is 0.143. The number of rotatable bonds is 4. The van der Waals surface area contributed by atoms with Gasteiger partial charge in [0.2, 0.25) is 0 Å². The monoisotopic (exact) mass is 470 g/mol. The average molecular weight is 471 g/mol. The lowest BCUT2D eigenvalue weighted by Gasteiger charge is -2.27. The van der Waals surface area contributed by atoms with Crippen LogP contribution in [-0.4, -0.2) is 51.2 Å². The highest BCUT2D eigenvalue weighted by atomic mass is 16.5. The smallest absolute Gasteiger partial charge is 0.337 e. The first-order valence-corrected chi connectivity index (χ1v) is 11.6. The molecule has 1 fully saturated rings. The number of para-hydroxylation sites is 1. The first kappa shape index (κ1) is 22.7.